The summed E-state index contributed by atoms with van der Waals surface area (Å²) >= 11 is 0. The van der Waals surface area contributed by atoms with Gasteiger partial charge in [-0.3, -0.25) is 23.9 Å². The predicted octanol–water partition coefficient (Wildman–Crippen LogP) is 6.22. The van der Waals surface area contributed by atoms with Crippen LogP contribution in [0.15, 0.2) is 83.7 Å². The maximum absolute atomic E-state index is 14.0. The number of nitrogens with zero attached hydrogens (tertiary/aromatic N) is 2. The third kappa shape index (κ3) is 4.20. The number of para-hydroxylation sites is 1. The number of carbonyl (C=O) groups excluding carboxylic acids is 2. The predicted molar refractivity (Wildman–Crippen MR) is 146 cm³/mol. The number of carbonyl (C=O) groups is 2. The number of rotatable bonds is 4. The highest BCUT2D eigenvalue weighted by molar-refractivity contribution is 6.23. The van der Waals surface area contributed by atoms with Crippen molar-refractivity contribution in [3.05, 3.63) is 123 Å². The monoisotopic (exact) mass is 490 g/mol. The van der Waals surface area contributed by atoms with Crippen molar-refractivity contribution in [3.8, 4) is 16.8 Å². The van der Waals surface area contributed by atoms with Crippen LogP contribution in [-0.4, -0.2) is 21.3 Å². The van der Waals surface area contributed by atoms with Crippen molar-refractivity contribution in [2.45, 2.75) is 46.6 Å². The first kappa shape index (κ1) is 24.4. The summed E-state index contributed by atoms with van der Waals surface area (Å²) in [6.07, 6.45) is 0. The Balaban J connectivity index is 1.80. The van der Waals surface area contributed by atoms with Crippen LogP contribution in [0.3, 0.4) is 0 Å². The van der Waals surface area contributed by atoms with Crippen molar-refractivity contribution in [2.24, 2.45) is 0 Å². The molecule has 0 bridgehead atoms. The molecule has 0 unspecified atom stereocenters. The lowest BCUT2D eigenvalue weighted by Crippen LogP contribution is -2.31. The van der Waals surface area contributed by atoms with E-state index < -0.39 is 5.91 Å². The van der Waals surface area contributed by atoms with Crippen molar-refractivity contribution in [2.75, 3.05) is 0 Å². The molecule has 0 saturated heterocycles. The number of benzene rings is 3. The second kappa shape index (κ2) is 9.00. The van der Waals surface area contributed by atoms with Crippen molar-refractivity contribution >= 4 is 11.8 Å². The fraction of sp³-hybridized carbons (Fsp3) is 0.219. The van der Waals surface area contributed by atoms with Crippen molar-refractivity contribution in [1.29, 1.82) is 0 Å². The number of amides is 2. The molecule has 1 aliphatic rings. The summed E-state index contributed by atoms with van der Waals surface area (Å²) in [5, 5.41) is 0. The molecule has 0 N–H and O–H groups in total. The first-order valence-electron chi connectivity index (χ1n) is 12.5. The molecule has 0 aliphatic carbocycles. The fourth-order valence-corrected chi connectivity index (χ4v) is 4.97. The van der Waals surface area contributed by atoms with E-state index in [1.165, 1.54) is 15.5 Å². The van der Waals surface area contributed by atoms with E-state index in [-0.39, 0.29) is 34.7 Å². The molecule has 5 rings (SSSR count). The molecule has 1 aliphatic heterocycles. The van der Waals surface area contributed by atoms with E-state index in [9.17, 15) is 14.4 Å². The molecular weight excluding hydrogens is 460 g/mol. The maximum Gasteiger partial charge on any atom is 0.278 e. The summed E-state index contributed by atoms with van der Waals surface area (Å²) in [6.45, 7) is 10.3. The van der Waals surface area contributed by atoms with Gasteiger partial charge in [-0.1, -0.05) is 87.5 Å². The average molecular weight is 491 g/mol. The molecule has 1 aromatic heterocycles. The number of aromatic nitrogens is 1. The molecule has 0 spiro atoms. The van der Waals surface area contributed by atoms with E-state index in [0.717, 1.165) is 27.8 Å². The minimum Gasteiger partial charge on any atom is -0.271 e. The quantitative estimate of drug-likeness (QED) is 0.319. The summed E-state index contributed by atoms with van der Waals surface area (Å²) in [5.41, 5.74) is 5.53. The molecule has 3 aromatic carbocycles. The summed E-state index contributed by atoms with van der Waals surface area (Å²) in [7, 11) is 0. The molecule has 2 heterocycles. The lowest BCUT2D eigenvalue weighted by Gasteiger charge is -2.24. The molecule has 0 saturated carbocycles. The van der Waals surface area contributed by atoms with Gasteiger partial charge in [0, 0.05) is 11.6 Å². The Morgan fingerprint density at radius 3 is 2.08 bits per heavy atom. The number of hydrogen-bond acceptors (Lipinski definition) is 3. The van der Waals surface area contributed by atoms with Crippen LogP contribution in [0.1, 0.15) is 63.9 Å². The number of fused-ring (bicyclic) bond motifs is 1. The molecule has 0 radical (unpaired) electrons. The molecule has 2 amide bonds. The van der Waals surface area contributed by atoms with Gasteiger partial charge in [-0.2, -0.15) is 0 Å². The Morgan fingerprint density at radius 1 is 0.730 bits per heavy atom. The first-order valence-corrected chi connectivity index (χ1v) is 12.5. The van der Waals surface area contributed by atoms with Gasteiger partial charge in [-0.05, 0) is 53.1 Å². The lowest BCUT2D eigenvalue weighted by atomic mass is 9.85. The van der Waals surface area contributed by atoms with Crippen molar-refractivity contribution in [3.63, 3.8) is 0 Å². The van der Waals surface area contributed by atoms with E-state index >= 15 is 0 Å². The molecular formula is C32H30N2O3. The third-order valence-corrected chi connectivity index (χ3v) is 7.08. The van der Waals surface area contributed by atoms with Gasteiger partial charge in [0.1, 0.15) is 5.69 Å². The Morgan fingerprint density at radius 2 is 1.41 bits per heavy atom. The topological polar surface area (TPSA) is 59.4 Å². The van der Waals surface area contributed by atoms with Gasteiger partial charge in [0.2, 0.25) is 0 Å². The molecule has 37 heavy (non-hydrogen) atoms. The molecule has 186 valence electrons. The Bertz CT molecular complexity index is 1610. The Labute approximate surface area is 217 Å². The normalized spacial score (nSPS) is 13.3. The van der Waals surface area contributed by atoms with Crippen LogP contribution < -0.4 is 5.56 Å². The molecule has 4 aromatic rings. The largest absolute Gasteiger partial charge is 0.278 e. The zero-order chi connectivity index (χ0) is 26.5. The number of pyridine rings is 1. The van der Waals surface area contributed by atoms with Crippen LogP contribution in [0.5, 0.6) is 0 Å². The van der Waals surface area contributed by atoms with Gasteiger partial charge >= 0.3 is 0 Å². The Kier molecular flexibility index (Phi) is 5.95. The molecule has 0 fully saturated rings. The van der Waals surface area contributed by atoms with Crippen LogP contribution >= 0.6 is 0 Å². The zero-order valence-corrected chi connectivity index (χ0v) is 21.8. The van der Waals surface area contributed by atoms with Crippen LogP contribution in [0.25, 0.3) is 16.8 Å². The van der Waals surface area contributed by atoms with E-state index in [4.69, 9.17) is 0 Å². The number of aryl methyl sites for hydroxylation is 2. The smallest absolute Gasteiger partial charge is 0.271 e. The molecule has 5 nitrogen and oxygen atoms in total. The highest BCUT2D eigenvalue weighted by Gasteiger charge is 2.41. The second-order valence-electron chi connectivity index (χ2n) is 10.7. The maximum atomic E-state index is 14.0. The summed E-state index contributed by atoms with van der Waals surface area (Å²) in [5.74, 6) is -0.852. The SMILES string of the molecule is Cc1ccc(-c2cc(=O)n(-c3ccccc3C(C)(C)C)c3c2C(=O)N(Cc2ccccc2)C3=O)cc1C. The summed E-state index contributed by atoms with van der Waals surface area (Å²) in [4.78, 5) is 42.9. The standard InChI is InChI=1S/C32H30N2O3/c1-20-15-16-23(17-21(20)2)24-18-27(35)34(26-14-10-9-13-25(26)32(3,4)5)29-28(24)30(36)33(31(29)37)19-22-11-7-6-8-12-22/h6-18H,19H2,1-5H3. The number of imide groups is 1. The van der Waals surface area contributed by atoms with Gasteiger partial charge in [-0.15, -0.1) is 0 Å². The highest BCUT2D eigenvalue weighted by atomic mass is 16.2. The summed E-state index contributed by atoms with van der Waals surface area (Å²) in [6, 6.07) is 24.3. The van der Waals surface area contributed by atoms with Crippen molar-refractivity contribution < 1.29 is 9.59 Å². The molecule has 0 atom stereocenters. The second-order valence-corrected chi connectivity index (χ2v) is 10.7. The van der Waals surface area contributed by atoms with Gasteiger partial charge in [0.15, 0.2) is 0 Å². The lowest BCUT2D eigenvalue weighted by molar-refractivity contribution is 0.0639. The van der Waals surface area contributed by atoms with Crippen LogP contribution in [-0.2, 0) is 12.0 Å². The zero-order valence-electron chi connectivity index (χ0n) is 21.8. The average Bonchev–Trinajstić information content (AvgIpc) is 3.10. The molecule has 5 heteroatoms. The summed E-state index contributed by atoms with van der Waals surface area (Å²) < 4.78 is 1.44. The number of hydrogen-bond donors (Lipinski definition) is 0. The van der Waals surface area contributed by atoms with Crippen LogP contribution in [0.2, 0.25) is 0 Å². The van der Waals surface area contributed by atoms with E-state index in [2.05, 4.69) is 20.8 Å². The van der Waals surface area contributed by atoms with Crippen LogP contribution in [0.4, 0.5) is 0 Å². The Hall–Kier alpha value is -4.25. The van der Waals surface area contributed by atoms with Gasteiger partial charge in [-0.25, -0.2) is 0 Å². The van der Waals surface area contributed by atoms with E-state index in [1.807, 2.05) is 86.6 Å². The van der Waals surface area contributed by atoms with E-state index in [0.29, 0.717) is 11.3 Å². The van der Waals surface area contributed by atoms with Gasteiger partial charge in [0.05, 0.1) is 17.8 Å². The highest BCUT2D eigenvalue weighted by Crippen LogP contribution is 2.36. The van der Waals surface area contributed by atoms with Gasteiger partial charge < -0.3 is 0 Å². The van der Waals surface area contributed by atoms with Crippen LogP contribution in [0, 0.1) is 13.8 Å². The minimum absolute atomic E-state index is 0.123. The van der Waals surface area contributed by atoms with Crippen molar-refractivity contribution in [1.82, 2.24) is 9.47 Å². The fourth-order valence-electron chi connectivity index (χ4n) is 4.97. The minimum atomic E-state index is -0.463. The third-order valence-electron chi connectivity index (χ3n) is 7.08. The van der Waals surface area contributed by atoms with Gasteiger partial charge in [0.25, 0.3) is 17.4 Å². The first-order chi connectivity index (χ1) is 17.6. The van der Waals surface area contributed by atoms with E-state index in [1.54, 1.807) is 0 Å².